The van der Waals surface area contributed by atoms with Gasteiger partial charge in [-0.1, -0.05) is 56.2 Å². The fourth-order valence-electron chi connectivity index (χ4n) is 4.38. The van der Waals surface area contributed by atoms with E-state index < -0.39 is 18.1 Å². The number of thioether (sulfide) groups is 1. The normalized spacial score (nSPS) is 13.3. The van der Waals surface area contributed by atoms with E-state index in [-0.39, 0.29) is 19.3 Å². The lowest BCUT2D eigenvalue weighted by Crippen LogP contribution is -2.34. The number of unbranched alkanes of at least 4 members (excludes halogenated alkanes) is 1. The summed E-state index contributed by atoms with van der Waals surface area (Å²) in [6, 6.07) is 20.9. The van der Waals surface area contributed by atoms with Crippen molar-refractivity contribution in [2.75, 3.05) is 17.9 Å². The second-order valence-corrected chi connectivity index (χ2v) is 10.8. The van der Waals surface area contributed by atoms with Gasteiger partial charge in [0.1, 0.15) is 6.10 Å². The molecule has 0 saturated carbocycles. The molecule has 0 bridgehead atoms. The van der Waals surface area contributed by atoms with Crippen molar-refractivity contribution >= 4 is 29.5 Å². The number of carbonyl (C=O) groups is 2. The van der Waals surface area contributed by atoms with Crippen LogP contribution in [0.5, 0.6) is 11.5 Å². The molecular weight excluding hydrogens is 528 g/mol. The largest absolute Gasteiger partial charge is 0.481 e. The number of carbonyl (C=O) groups excluding carboxylic acids is 1. The summed E-state index contributed by atoms with van der Waals surface area (Å²) in [5, 5.41) is 15.7. The van der Waals surface area contributed by atoms with Crippen molar-refractivity contribution < 1.29 is 28.9 Å². The number of anilines is 1. The molecule has 0 fully saturated rings. The van der Waals surface area contributed by atoms with Gasteiger partial charge in [-0.15, -0.1) is 11.8 Å². The molecule has 8 nitrogen and oxygen atoms in total. The van der Waals surface area contributed by atoms with E-state index in [1.165, 1.54) is 11.1 Å². The van der Waals surface area contributed by atoms with Crippen molar-refractivity contribution in [3.8, 4) is 11.5 Å². The van der Waals surface area contributed by atoms with Crippen molar-refractivity contribution in [2.45, 2.75) is 63.1 Å². The summed E-state index contributed by atoms with van der Waals surface area (Å²) in [5.41, 5.74) is 4.13. The Hall–Kier alpha value is -3.85. The van der Waals surface area contributed by atoms with Crippen LogP contribution < -0.4 is 20.1 Å². The van der Waals surface area contributed by atoms with Crippen molar-refractivity contribution in [2.24, 2.45) is 0 Å². The SMILES string of the molecule is CCCC[C@@H](CSc1cccc(NCc2ccccc2C)c1)OC(=O)N[C@H](CC(=O)O)c1ccc2c(c1)OCO2. The second-order valence-electron chi connectivity index (χ2n) is 9.70. The molecule has 4 rings (SSSR count). The van der Waals surface area contributed by atoms with Crippen LogP contribution >= 0.6 is 11.8 Å². The highest BCUT2D eigenvalue weighted by Gasteiger charge is 2.24. The highest BCUT2D eigenvalue weighted by atomic mass is 32.2. The Kier molecular flexibility index (Phi) is 10.6. The van der Waals surface area contributed by atoms with Crippen LogP contribution in [0.15, 0.2) is 71.6 Å². The summed E-state index contributed by atoms with van der Waals surface area (Å²) in [6.07, 6.45) is 1.36. The van der Waals surface area contributed by atoms with Gasteiger partial charge in [0.05, 0.1) is 12.5 Å². The quantitative estimate of drug-likeness (QED) is 0.181. The molecule has 1 aliphatic rings. The number of aliphatic carboxylic acids is 1. The molecule has 212 valence electrons. The van der Waals surface area contributed by atoms with Gasteiger partial charge >= 0.3 is 12.1 Å². The Bertz CT molecular complexity index is 1300. The van der Waals surface area contributed by atoms with Gasteiger partial charge in [0.15, 0.2) is 11.5 Å². The van der Waals surface area contributed by atoms with Gasteiger partial charge in [-0.2, -0.15) is 0 Å². The number of hydrogen-bond acceptors (Lipinski definition) is 7. The van der Waals surface area contributed by atoms with E-state index in [0.717, 1.165) is 36.4 Å². The third kappa shape index (κ3) is 8.58. The molecule has 0 spiro atoms. The number of carboxylic acid groups (broad SMARTS) is 1. The molecule has 0 unspecified atom stereocenters. The fourth-order valence-corrected chi connectivity index (χ4v) is 5.38. The first-order chi connectivity index (χ1) is 19.4. The number of ether oxygens (including phenoxy) is 3. The van der Waals surface area contributed by atoms with E-state index in [0.29, 0.717) is 22.8 Å². The molecule has 0 saturated heterocycles. The molecule has 1 amide bonds. The number of alkyl carbamates (subject to hydrolysis) is 1. The van der Waals surface area contributed by atoms with Crippen molar-refractivity contribution in [3.05, 3.63) is 83.4 Å². The summed E-state index contributed by atoms with van der Waals surface area (Å²) < 4.78 is 16.6. The fraction of sp³-hybridized carbons (Fsp3) is 0.355. The molecule has 0 aromatic heterocycles. The summed E-state index contributed by atoms with van der Waals surface area (Å²) in [4.78, 5) is 25.5. The van der Waals surface area contributed by atoms with Crippen LogP contribution in [0.2, 0.25) is 0 Å². The molecule has 3 aromatic carbocycles. The summed E-state index contributed by atoms with van der Waals surface area (Å²) in [7, 11) is 0. The van der Waals surface area contributed by atoms with E-state index in [4.69, 9.17) is 14.2 Å². The van der Waals surface area contributed by atoms with Crippen LogP contribution in [-0.4, -0.2) is 35.8 Å². The zero-order chi connectivity index (χ0) is 28.3. The first-order valence-corrected chi connectivity index (χ1v) is 14.5. The predicted octanol–water partition coefficient (Wildman–Crippen LogP) is 6.93. The smallest absolute Gasteiger partial charge is 0.407 e. The minimum absolute atomic E-state index is 0.111. The van der Waals surface area contributed by atoms with Gasteiger partial charge in [-0.25, -0.2) is 4.79 Å². The number of aryl methyl sites for hydroxylation is 1. The molecule has 1 aliphatic heterocycles. The van der Waals surface area contributed by atoms with Crippen LogP contribution in [0.1, 0.15) is 55.3 Å². The summed E-state index contributed by atoms with van der Waals surface area (Å²) in [6.45, 7) is 5.05. The van der Waals surface area contributed by atoms with Gasteiger partial charge < -0.3 is 30.0 Å². The zero-order valence-corrected chi connectivity index (χ0v) is 23.7. The lowest BCUT2D eigenvalue weighted by atomic mass is 10.0. The van der Waals surface area contributed by atoms with Gasteiger partial charge in [-0.3, -0.25) is 4.79 Å². The van der Waals surface area contributed by atoms with Crippen LogP contribution in [0.3, 0.4) is 0 Å². The average molecular weight is 565 g/mol. The number of benzene rings is 3. The van der Waals surface area contributed by atoms with Gasteiger partial charge in [0, 0.05) is 22.9 Å². The predicted molar refractivity (Wildman–Crippen MR) is 156 cm³/mol. The average Bonchev–Trinajstić information content (AvgIpc) is 3.42. The van der Waals surface area contributed by atoms with Crippen LogP contribution in [-0.2, 0) is 16.1 Å². The standard InChI is InChI=1S/C31H36N2O6S/c1-3-4-11-25(19-40-26-12-7-10-24(16-26)32-18-23-9-6-5-8-21(23)2)39-31(36)33-27(17-30(34)35)22-13-14-28-29(15-22)38-20-37-28/h5-10,12-16,25,27,32H,3-4,11,17-20H2,1-2H3,(H,33,36)(H,34,35)/t25-,27+/m0/s1. The van der Waals surface area contributed by atoms with E-state index in [2.05, 4.69) is 42.7 Å². The molecular formula is C31H36N2O6S. The topological polar surface area (TPSA) is 106 Å². The number of rotatable bonds is 14. The molecule has 3 N–H and O–H groups in total. The highest BCUT2D eigenvalue weighted by Crippen LogP contribution is 2.35. The van der Waals surface area contributed by atoms with Crippen molar-refractivity contribution in [3.63, 3.8) is 0 Å². The van der Waals surface area contributed by atoms with E-state index in [1.54, 1.807) is 30.0 Å². The minimum atomic E-state index is -1.03. The van der Waals surface area contributed by atoms with Crippen molar-refractivity contribution in [1.82, 2.24) is 5.32 Å². The first kappa shape index (κ1) is 29.1. The summed E-state index contributed by atoms with van der Waals surface area (Å²) >= 11 is 1.63. The number of hydrogen-bond donors (Lipinski definition) is 3. The molecule has 40 heavy (non-hydrogen) atoms. The first-order valence-electron chi connectivity index (χ1n) is 13.5. The number of nitrogens with one attached hydrogen (secondary N) is 2. The lowest BCUT2D eigenvalue weighted by molar-refractivity contribution is -0.137. The van der Waals surface area contributed by atoms with Crippen molar-refractivity contribution in [1.29, 1.82) is 0 Å². The monoisotopic (exact) mass is 564 g/mol. The van der Waals surface area contributed by atoms with Gasteiger partial charge in [0.25, 0.3) is 0 Å². The maximum Gasteiger partial charge on any atom is 0.407 e. The van der Waals surface area contributed by atoms with E-state index in [9.17, 15) is 14.7 Å². The Morgan fingerprint density at radius 2 is 1.88 bits per heavy atom. The van der Waals surface area contributed by atoms with E-state index in [1.807, 2.05) is 30.3 Å². The Morgan fingerprint density at radius 1 is 1.05 bits per heavy atom. The Labute approximate surface area is 239 Å². The Balaban J connectivity index is 1.35. The second kappa shape index (κ2) is 14.5. The van der Waals surface area contributed by atoms with Crippen LogP contribution in [0.25, 0.3) is 0 Å². The van der Waals surface area contributed by atoms with Gasteiger partial charge in [0.2, 0.25) is 6.79 Å². The van der Waals surface area contributed by atoms with Gasteiger partial charge in [-0.05, 0) is 60.4 Å². The summed E-state index contributed by atoms with van der Waals surface area (Å²) in [5.74, 6) is 0.668. The number of carboxylic acids is 1. The highest BCUT2D eigenvalue weighted by molar-refractivity contribution is 7.99. The molecule has 3 aromatic rings. The maximum atomic E-state index is 12.9. The number of amides is 1. The Morgan fingerprint density at radius 3 is 2.67 bits per heavy atom. The third-order valence-corrected chi connectivity index (χ3v) is 7.76. The lowest BCUT2D eigenvalue weighted by Gasteiger charge is -2.22. The van der Waals surface area contributed by atoms with Crippen LogP contribution in [0.4, 0.5) is 10.5 Å². The number of fused-ring (bicyclic) bond motifs is 1. The van der Waals surface area contributed by atoms with E-state index >= 15 is 0 Å². The zero-order valence-electron chi connectivity index (χ0n) is 22.9. The minimum Gasteiger partial charge on any atom is -0.481 e. The van der Waals surface area contributed by atoms with Crippen LogP contribution in [0, 0.1) is 6.92 Å². The molecule has 2 atom stereocenters. The molecule has 0 radical (unpaired) electrons. The third-order valence-electron chi connectivity index (χ3n) is 6.64. The molecule has 0 aliphatic carbocycles. The molecule has 9 heteroatoms. The molecule has 1 heterocycles. The maximum absolute atomic E-state index is 12.9.